The molecule has 6 rings (SSSR count). The highest BCUT2D eigenvalue weighted by Crippen LogP contribution is 2.40. The zero-order valence-corrected chi connectivity index (χ0v) is 27.1. The quantitative estimate of drug-likeness (QED) is 0.0869. The van der Waals surface area contributed by atoms with Crippen molar-refractivity contribution >= 4 is 34.6 Å². The molecule has 0 radical (unpaired) electrons. The lowest BCUT2D eigenvalue weighted by Crippen LogP contribution is -2.39. The molecule has 50 heavy (non-hydrogen) atoms. The number of nitro benzene ring substituents is 1. The predicted molar refractivity (Wildman–Crippen MR) is 185 cm³/mol. The Morgan fingerprint density at radius 2 is 1.68 bits per heavy atom. The molecule has 12 heteroatoms. The molecule has 4 N–H and O–H groups in total. The zero-order chi connectivity index (χ0) is 35.6. The molecule has 10 nitrogen and oxygen atoms in total. The van der Waals surface area contributed by atoms with E-state index in [1.165, 1.54) is 25.3 Å². The number of aryl methyl sites for hydroxylation is 1. The summed E-state index contributed by atoms with van der Waals surface area (Å²) >= 11 is 0. The van der Waals surface area contributed by atoms with Crippen LogP contribution in [0.2, 0.25) is 0 Å². The van der Waals surface area contributed by atoms with E-state index in [1.54, 1.807) is 54.6 Å². The number of amides is 2. The molecule has 1 heterocycles. The zero-order valence-electron chi connectivity index (χ0n) is 27.1. The number of nitro groups is 1. The number of nitrogens with one attached hydrogen (secondary N) is 3. The van der Waals surface area contributed by atoms with Crippen molar-refractivity contribution in [1.29, 1.82) is 0 Å². The molecule has 0 aliphatic carbocycles. The van der Waals surface area contributed by atoms with Crippen LogP contribution in [0.25, 0.3) is 11.1 Å². The number of hydrogen-bond acceptors (Lipinski definition) is 7. The fourth-order valence-electron chi connectivity index (χ4n) is 6.02. The van der Waals surface area contributed by atoms with Gasteiger partial charge in [-0.15, -0.1) is 0 Å². The van der Waals surface area contributed by atoms with Crippen molar-refractivity contribution in [2.75, 3.05) is 24.3 Å². The highest BCUT2D eigenvalue weighted by molar-refractivity contribution is 6.12. The first-order valence-corrected chi connectivity index (χ1v) is 15.7. The number of methoxy groups -OCH3 is 1. The lowest BCUT2D eigenvalue weighted by atomic mass is 9.77. The van der Waals surface area contributed by atoms with E-state index < -0.39 is 27.9 Å². The number of benzene rings is 5. The van der Waals surface area contributed by atoms with Crippen LogP contribution in [0.15, 0.2) is 97.1 Å². The maximum Gasteiger partial charge on any atom is 0.310 e. The Labute approximate surface area is 285 Å². The second-order valence-corrected chi connectivity index (χ2v) is 12.2. The molecule has 1 aliphatic rings. The van der Waals surface area contributed by atoms with Gasteiger partial charge in [-0.25, -0.2) is 8.78 Å². The van der Waals surface area contributed by atoms with Gasteiger partial charge in [0.2, 0.25) is 0 Å². The summed E-state index contributed by atoms with van der Waals surface area (Å²) in [5, 5.41) is 30.8. The standard InChI is InChI=1S/C38H32F2N4O6/c1-38(16-15-24-17-26(39)10-12-29(24)40,21-41-36(46)28-5-3-4-6-34(28)45)25-9-13-30-32(20-25)42-31-18-22(7-11-27(31)37(47)43-30)23-8-14-33(44(48)49)35(19-23)50-2/h3-14,17-20,42,45H,15-16,21H2,1-2H3,(H,41,46)(H,43,47). The number of phenolic OH excluding ortho intramolecular Hbond substituents is 1. The van der Waals surface area contributed by atoms with E-state index in [0.29, 0.717) is 40.2 Å². The van der Waals surface area contributed by atoms with Crippen LogP contribution in [-0.2, 0) is 11.8 Å². The minimum absolute atomic E-state index is 0.0744. The van der Waals surface area contributed by atoms with Crippen molar-refractivity contribution in [1.82, 2.24) is 5.32 Å². The van der Waals surface area contributed by atoms with Gasteiger partial charge in [0.15, 0.2) is 5.75 Å². The third-order valence-corrected chi connectivity index (χ3v) is 8.95. The number of nitrogens with zero attached hydrogens (tertiary/aromatic N) is 1. The number of carbonyl (C=O) groups excluding carboxylic acids is 2. The van der Waals surface area contributed by atoms with E-state index in [2.05, 4.69) is 16.0 Å². The number of anilines is 3. The fourth-order valence-corrected chi connectivity index (χ4v) is 6.02. The number of halogens is 2. The van der Waals surface area contributed by atoms with E-state index >= 15 is 0 Å². The predicted octanol–water partition coefficient (Wildman–Crippen LogP) is 7.88. The van der Waals surface area contributed by atoms with Gasteiger partial charge in [-0.1, -0.05) is 31.2 Å². The number of hydrogen-bond donors (Lipinski definition) is 4. The number of carbonyl (C=O) groups is 2. The first-order valence-electron chi connectivity index (χ1n) is 15.7. The van der Waals surface area contributed by atoms with Crippen LogP contribution in [0.4, 0.5) is 31.5 Å². The van der Waals surface area contributed by atoms with Crippen molar-refractivity contribution < 1.29 is 33.1 Å². The number of fused-ring (bicyclic) bond motifs is 2. The van der Waals surface area contributed by atoms with Crippen LogP contribution >= 0.6 is 0 Å². The van der Waals surface area contributed by atoms with Gasteiger partial charge in [0.05, 0.1) is 40.2 Å². The van der Waals surface area contributed by atoms with E-state index in [4.69, 9.17) is 4.74 Å². The highest BCUT2D eigenvalue weighted by atomic mass is 19.1. The third-order valence-electron chi connectivity index (χ3n) is 8.95. The Morgan fingerprint density at radius 3 is 2.44 bits per heavy atom. The van der Waals surface area contributed by atoms with Crippen molar-refractivity contribution in [3.8, 4) is 22.6 Å². The Morgan fingerprint density at radius 1 is 0.920 bits per heavy atom. The molecule has 2 amide bonds. The Hall–Kier alpha value is -6.30. The largest absolute Gasteiger partial charge is 0.507 e. The molecule has 0 spiro atoms. The summed E-state index contributed by atoms with van der Waals surface area (Å²) in [6.07, 6.45) is 0.445. The Bertz CT molecular complexity index is 2160. The molecule has 1 unspecified atom stereocenters. The maximum atomic E-state index is 14.7. The first kappa shape index (κ1) is 33.6. The van der Waals surface area contributed by atoms with Crippen molar-refractivity contribution in [3.63, 3.8) is 0 Å². The molecular formula is C38H32F2N4O6. The molecule has 5 aromatic rings. The van der Waals surface area contributed by atoms with Crippen LogP contribution < -0.4 is 20.7 Å². The minimum atomic E-state index is -0.841. The molecule has 1 atom stereocenters. The monoisotopic (exact) mass is 678 g/mol. The summed E-state index contributed by atoms with van der Waals surface area (Å²) in [5.74, 6) is -2.05. The van der Waals surface area contributed by atoms with Crippen LogP contribution in [-0.4, -0.2) is 35.5 Å². The van der Waals surface area contributed by atoms with Crippen molar-refractivity contribution in [2.24, 2.45) is 0 Å². The molecular weight excluding hydrogens is 646 g/mol. The summed E-state index contributed by atoms with van der Waals surface area (Å²) in [7, 11) is 1.35. The number of rotatable bonds is 10. The first-order chi connectivity index (χ1) is 24.0. The summed E-state index contributed by atoms with van der Waals surface area (Å²) in [4.78, 5) is 37.3. The van der Waals surface area contributed by atoms with Gasteiger partial charge in [0.1, 0.15) is 17.4 Å². The van der Waals surface area contributed by atoms with Gasteiger partial charge in [0.25, 0.3) is 11.8 Å². The molecule has 0 saturated heterocycles. The van der Waals surface area contributed by atoms with E-state index in [-0.39, 0.29) is 47.2 Å². The average molecular weight is 679 g/mol. The fraction of sp³-hybridized carbons (Fsp3) is 0.158. The Kier molecular flexibility index (Phi) is 9.18. The maximum absolute atomic E-state index is 14.7. The second kappa shape index (κ2) is 13.7. The van der Waals surface area contributed by atoms with Crippen LogP contribution in [0.1, 0.15) is 45.2 Å². The van der Waals surface area contributed by atoms with Crippen LogP contribution in [0.3, 0.4) is 0 Å². The van der Waals surface area contributed by atoms with E-state index in [0.717, 1.165) is 23.8 Å². The molecule has 1 aliphatic heterocycles. The van der Waals surface area contributed by atoms with Gasteiger partial charge in [-0.2, -0.15) is 0 Å². The number of para-hydroxylation sites is 1. The van der Waals surface area contributed by atoms with Crippen LogP contribution in [0.5, 0.6) is 11.5 Å². The summed E-state index contributed by atoms with van der Waals surface area (Å²) in [5.41, 5.74) is 3.17. The van der Waals surface area contributed by atoms with Crippen molar-refractivity contribution in [3.05, 3.63) is 141 Å². The lowest BCUT2D eigenvalue weighted by Gasteiger charge is -2.32. The smallest absolute Gasteiger partial charge is 0.310 e. The molecule has 0 bridgehead atoms. The van der Waals surface area contributed by atoms with E-state index in [1.807, 2.05) is 13.0 Å². The normalized spacial score (nSPS) is 13.1. The van der Waals surface area contributed by atoms with Crippen molar-refractivity contribution in [2.45, 2.75) is 25.2 Å². The molecule has 5 aromatic carbocycles. The van der Waals surface area contributed by atoms with Crippen LogP contribution in [0, 0.1) is 21.7 Å². The molecule has 0 saturated carbocycles. The topological polar surface area (TPSA) is 143 Å². The SMILES string of the molecule is COc1cc(-c2ccc3c(c2)Nc2cc(C(C)(CCc4cc(F)ccc4F)CNC(=O)c4ccccc4O)ccc2NC3=O)ccc1[N+](=O)[O-]. The second-order valence-electron chi connectivity index (χ2n) is 12.2. The third kappa shape index (κ3) is 6.81. The van der Waals surface area contributed by atoms with E-state index in [9.17, 15) is 33.6 Å². The average Bonchev–Trinajstić information content (AvgIpc) is 3.25. The molecule has 0 fully saturated rings. The summed E-state index contributed by atoms with van der Waals surface area (Å²) in [6, 6.07) is 24.5. The van der Waals surface area contributed by atoms with Gasteiger partial charge in [-0.3, -0.25) is 19.7 Å². The highest BCUT2D eigenvalue weighted by Gasteiger charge is 2.30. The van der Waals surface area contributed by atoms with Gasteiger partial charge in [-0.05, 0) is 102 Å². The summed E-state index contributed by atoms with van der Waals surface area (Å²) in [6.45, 7) is 1.96. The lowest BCUT2D eigenvalue weighted by molar-refractivity contribution is -0.385. The Balaban J connectivity index is 1.35. The van der Waals surface area contributed by atoms with Gasteiger partial charge < -0.3 is 25.8 Å². The van der Waals surface area contributed by atoms with Gasteiger partial charge >= 0.3 is 5.69 Å². The number of phenols is 1. The van der Waals surface area contributed by atoms with Gasteiger partial charge in [0, 0.05) is 18.0 Å². The molecule has 254 valence electrons. The number of aromatic hydroxyl groups is 1. The summed E-state index contributed by atoms with van der Waals surface area (Å²) < 4.78 is 34.0. The number of ether oxygens (including phenoxy) is 1. The molecule has 0 aromatic heterocycles. The minimum Gasteiger partial charge on any atom is -0.507 e.